The predicted octanol–water partition coefficient (Wildman–Crippen LogP) is 4.93. The Bertz CT molecular complexity index is 1310. The summed E-state index contributed by atoms with van der Waals surface area (Å²) < 4.78 is 85.3. The van der Waals surface area contributed by atoms with Gasteiger partial charge in [0.1, 0.15) is 6.61 Å². The molecule has 0 saturated carbocycles. The molecule has 0 spiro atoms. The van der Waals surface area contributed by atoms with Crippen LogP contribution in [0.3, 0.4) is 0 Å². The standard InChI is InChI=1S/C26H26F6N4O5/c27-25(28,29)16-6-14(7-17(10-16)26(30,31)32)13-41-24(40)34-4-5-35-20(12-34)11-21(33-35)22(37)36-18-2-1-3-19(36)9-15(8-18)23(38)39/h6-7,10-11,15,18-19H,1-5,8-9,12-13H2,(H,38,39). The summed E-state index contributed by atoms with van der Waals surface area (Å²) in [4.78, 5) is 40.6. The molecule has 15 heteroatoms. The van der Waals surface area contributed by atoms with Crippen molar-refractivity contribution in [3.8, 4) is 0 Å². The number of nitrogens with zero attached hydrogens (tertiary/aromatic N) is 4. The van der Waals surface area contributed by atoms with E-state index in [9.17, 15) is 45.8 Å². The van der Waals surface area contributed by atoms with Crippen LogP contribution in [0.1, 0.15) is 65.0 Å². The highest BCUT2D eigenvalue weighted by Crippen LogP contribution is 2.39. The van der Waals surface area contributed by atoms with Gasteiger partial charge in [0.25, 0.3) is 5.91 Å². The van der Waals surface area contributed by atoms with E-state index in [1.807, 2.05) is 0 Å². The number of hydrogen-bond acceptors (Lipinski definition) is 5. The minimum atomic E-state index is -5.02. The van der Waals surface area contributed by atoms with E-state index in [-0.39, 0.29) is 49.4 Å². The van der Waals surface area contributed by atoms with E-state index in [0.717, 1.165) is 6.42 Å². The Morgan fingerprint density at radius 1 is 0.927 bits per heavy atom. The Morgan fingerprint density at radius 3 is 2.10 bits per heavy atom. The maximum Gasteiger partial charge on any atom is 0.416 e. The summed E-state index contributed by atoms with van der Waals surface area (Å²) in [6, 6.07) is 2.13. The Labute approximate surface area is 229 Å². The van der Waals surface area contributed by atoms with Crippen LogP contribution >= 0.6 is 0 Å². The number of alkyl halides is 6. The zero-order valence-corrected chi connectivity index (χ0v) is 21.5. The van der Waals surface area contributed by atoms with Crippen LogP contribution in [-0.4, -0.2) is 61.3 Å². The second kappa shape index (κ2) is 10.6. The van der Waals surface area contributed by atoms with Crippen LogP contribution in [0.4, 0.5) is 31.1 Å². The first-order valence-electron chi connectivity index (χ1n) is 13.0. The van der Waals surface area contributed by atoms with Gasteiger partial charge in [-0.1, -0.05) is 0 Å². The molecule has 3 aliphatic rings. The minimum Gasteiger partial charge on any atom is -0.481 e. The van der Waals surface area contributed by atoms with Crippen molar-refractivity contribution in [3.05, 3.63) is 52.3 Å². The van der Waals surface area contributed by atoms with E-state index < -0.39 is 53.6 Å². The fourth-order valence-electron chi connectivity index (χ4n) is 5.91. The fraction of sp³-hybridized carbons (Fsp3) is 0.538. The van der Waals surface area contributed by atoms with Gasteiger partial charge < -0.3 is 19.6 Å². The van der Waals surface area contributed by atoms with E-state index in [2.05, 4.69) is 5.10 Å². The van der Waals surface area contributed by atoms with Crippen LogP contribution in [0.2, 0.25) is 0 Å². The molecule has 5 rings (SSSR count). The summed E-state index contributed by atoms with van der Waals surface area (Å²) in [5.74, 6) is -1.68. The maximum absolute atomic E-state index is 13.4. The Balaban J connectivity index is 1.25. The molecule has 222 valence electrons. The van der Waals surface area contributed by atoms with Gasteiger partial charge in [0.15, 0.2) is 5.69 Å². The molecule has 2 aromatic rings. The van der Waals surface area contributed by atoms with Crippen molar-refractivity contribution in [2.75, 3.05) is 6.54 Å². The molecule has 2 fully saturated rings. The summed E-state index contributed by atoms with van der Waals surface area (Å²) in [5, 5.41) is 13.8. The zero-order chi connectivity index (χ0) is 29.7. The molecule has 0 aliphatic carbocycles. The van der Waals surface area contributed by atoms with Gasteiger partial charge >= 0.3 is 24.4 Å². The summed E-state index contributed by atoms with van der Waals surface area (Å²) in [6.07, 6.45) is -7.93. The van der Waals surface area contributed by atoms with Crippen LogP contribution in [0.15, 0.2) is 24.3 Å². The highest BCUT2D eigenvalue weighted by Gasteiger charge is 2.44. The molecule has 2 saturated heterocycles. The number of aliphatic carboxylic acids is 1. The summed E-state index contributed by atoms with van der Waals surface area (Å²) in [7, 11) is 0. The van der Waals surface area contributed by atoms with Gasteiger partial charge in [0, 0.05) is 18.6 Å². The number of carboxylic acids is 1. The number of aromatic nitrogens is 2. The summed E-state index contributed by atoms with van der Waals surface area (Å²) in [6.45, 7) is -0.565. The predicted molar refractivity (Wildman–Crippen MR) is 127 cm³/mol. The van der Waals surface area contributed by atoms with Gasteiger partial charge in [-0.3, -0.25) is 14.3 Å². The molecule has 4 heterocycles. The Hall–Kier alpha value is -3.78. The van der Waals surface area contributed by atoms with Crippen molar-refractivity contribution >= 4 is 18.0 Å². The van der Waals surface area contributed by atoms with Gasteiger partial charge in [-0.05, 0) is 61.9 Å². The van der Waals surface area contributed by atoms with Crippen molar-refractivity contribution in [3.63, 3.8) is 0 Å². The molecule has 3 aliphatic heterocycles. The van der Waals surface area contributed by atoms with E-state index in [1.165, 1.54) is 11.0 Å². The average molecular weight is 589 g/mol. The molecule has 9 nitrogen and oxygen atoms in total. The number of rotatable bonds is 4. The second-order valence-corrected chi connectivity index (χ2v) is 10.6. The number of ether oxygens (including phenoxy) is 1. The van der Waals surface area contributed by atoms with Crippen molar-refractivity contribution in [2.45, 2.75) is 76.2 Å². The SMILES string of the molecule is O=C(O)C1CC2CCCC(C1)N2C(=O)c1cc2n(n1)CCN(C(=O)OCc1cc(C(F)(F)F)cc(C(F)(F)F)c1)C2. The van der Waals surface area contributed by atoms with Gasteiger partial charge in [-0.2, -0.15) is 31.4 Å². The lowest BCUT2D eigenvalue weighted by Gasteiger charge is -2.47. The zero-order valence-electron chi connectivity index (χ0n) is 21.5. The molecule has 2 bridgehead atoms. The number of carboxylic acid groups (broad SMARTS) is 1. The monoisotopic (exact) mass is 588 g/mol. The number of halogens is 6. The topological polar surface area (TPSA) is 105 Å². The molecular weight excluding hydrogens is 562 g/mol. The molecule has 1 N–H and O–H groups in total. The molecule has 2 amide bonds. The van der Waals surface area contributed by atoms with E-state index in [0.29, 0.717) is 43.5 Å². The average Bonchev–Trinajstić information content (AvgIpc) is 3.33. The van der Waals surface area contributed by atoms with Gasteiger partial charge in [0.05, 0.1) is 35.8 Å². The molecular formula is C26H26F6N4O5. The van der Waals surface area contributed by atoms with Gasteiger partial charge in [-0.25, -0.2) is 4.79 Å². The number of carbonyl (C=O) groups is 3. The van der Waals surface area contributed by atoms with Crippen LogP contribution in [-0.2, 0) is 41.6 Å². The van der Waals surface area contributed by atoms with Crippen molar-refractivity contribution in [1.29, 1.82) is 0 Å². The highest BCUT2D eigenvalue weighted by atomic mass is 19.4. The van der Waals surface area contributed by atoms with Crippen molar-refractivity contribution < 1.29 is 50.6 Å². The third kappa shape index (κ3) is 5.98. The van der Waals surface area contributed by atoms with Crippen LogP contribution in [0.5, 0.6) is 0 Å². The third-order valence-electron chi connectivity index (χ3n) is 7.84. The lowest BCUT2D eigenvalue weighted by molar-refractivity contribution is -0.146. The molecule has 0 radical (unpaired) electrons. The number of benzene rings is 1. The normalized spacial score (nSPS) is 22.7. The Morgan fingerprint density at radius 2 is 1.54 bits per heavy atom. The number of piperidine rings is 2. The van der Waals surface area contributed by atoms with Crippen LogP contribution in [0.25, 0.3) is 0 Å². The lowest BCUT2D eigenvalue weighted by atomic mass is 9.78. The first kappa shape index (κ1) is 28.7. The summed E-state index contributed by atoms with van der Waals surface area (Å²) in [5.41, 5.74) is -2.82. The second-order valence-electron chi connectivity index (χ2n) is 10.6. The maximum atomic E-state index is 13.4. The van der Waals surface area contributed by atoms with E-state index >= 15 is 0 Å². The highest BCUT2D eigenvalue weighted by molar-refractivity contribution is 5.93. The first-order chi connectivity index (χ1) is 19.2. The largest absolute Gasteiger partial charge is 0.481 e. The minimum absolute atomic E-state index is 0.00244. The quantitative estimate of drug-likeness (QED) is 0.508. The van der Waals surface area contributed by atoms with Gasteiger partial charge in [-0.15, -0.1) is 0 Å². The van der Waals surface area contributed by atoms with Crippen LogP contribution in [0, 0.1) is 5.92 Å². The fourth-order valence-corrected chi connectivity index (χ4v) is 5.91. The number of fused-ring (bicyclic) bond motifs is 3. The molecule has 2 unspecified atom stereocenters. The van der Waals surface area contributed by atoms with Crippen molar-refractivity contribution in [1.82, 2.24) is 19.6 Å². The molecule has 2 atom stereocenters. The number of carbonyl (C=O) groups excluding carboxylic acids is 2. The lowest BCUT2D eigenvalue weighted by Crippen LogP contribution is -2.55. The smallest absolute Gasteiger partial charge is 0.416 e. The molecule has 41 heavy (non-hydrogen) atoms. The van der Waals surface area contributed by atoms with E-state index in [4.69, 9.17) is 4.74 Å². The Kier molecular flexibility index (Phi) is 7.40. The molecule has 1 aromatic heterocycles. The first-order valence-corrected chi connectivity index (χ1v) is 13.0. The summed E-state index contributed by atoms with van der Waals surface area (Å²) >= 11 is 0. The number of hydrogen-bond donors (Lipinski definition) is 1. The number of amides is 2. The third-order valence-corrected chi connectivity index (χ3v) is 7.84. The molecule has 1 aromatic carbocycles. The van der Waals surface area contributed by atoms with Gasteiger partial charge in [0.2, 0.25) is 0 Å². The van der Waals surface area contributed by atoms with Crippen LogP contribution < -0.4 is 0 Å². The van der Waals surface area contributed by atoms with E-state index in [1.54, 1.807) is 9.58 Å². The van der Waals surface area contributed by atoms with Crippen molar-refractivity contribution in [2.24, 2.45) is 5.92 Å².